The molecule has 2 heterocycles. The van der Waals surface area contributed by atoms with Gasteiger partial charge in [0.1, 0.15) is 0 Å². The Morgan fingerprint density at radius 1 is 1.35 bits per heavy atom. The van der Waals surface area contributed by atoms with E-state index in [0.717, 1.165) is 12.5 Å². The molecular weight excluding hydrogens is 208 g/mol. The second-order valence-electron chi connectivity index (χ2n) is 5.69. The van der Waals surface area contributed by atoms with Gasteiger partial charge in [0, 0.05) is 12.7 Å². The summed E-state index contributed by atoms with van der Waals surface area (Å²) in [7, 11) is 0. The van der Waals surface area contributed by atoms with Crippen LogP contribution >= 0.6 is 0 Å². The fourth-order valence-corrected chi connectivity index (χ4v) is 2.39. The van der Waals surface area contributed by atoms with Crippen LogP contribution in [0.5, 0.6) is 0 Å². The van der Waals surface area contributed by atoms with Crippen molar-refractivity contribution in [2.24, 2.45) is 5.92 Å². The maximum atomic E-state index is 4.49. The van der Waals surface area contributed by atoms with Crippen molar-refractivity contribution < 1.29 is 0 Å². The zero-order valence-corrected chi connectivity index (χ0v) is 11.3. The third-order valence-electron chi connectivity index (χ3n) is 3.77. The van der Waals surface area contributed by atoms with Gasteiger partial charge < -0.3 is 0 Å². The molecule has 0 aliphatic carbocycles. The van der Waals surface area contributed by atoms with E-state index in [4.69, 9.17) is 0 Å². The predicted octanol–water partition coefficient (Wildman–Crippen LogP) is 3.44. The molecule has 1 aliphatic heterocycles. The Morgan fingerprint density at radius 2 is 2.06 bits per heavy atom. The van der Waals surface area contributed by atoms with E-state index in [0.29, 0.717) is 5.92 Å². The minimum absolute atomic E-state index is 0.595. The molecule has 0 bridgehead atoms. The Hall–Kier alpha value is -0.890. The lowest BCUT2D eigenvalue weighted by Crippen LogP contribution is -2.32. The molecule has 0 spiro atoms. The summed E-state index contributed by atoms with van der Waals surface area (Å²) in [6, 6.07) is 4.40. The SMILES string of the molecule is CC1CCN(Cc2cc(C(C)C)ccn2)CC1. The zero-order valence-electron chi connectivity index (χ0n) is 11.3. The van der Waals surface area contributed by atoms with Gasteiger partial charge in [-0.15, -0.1) is 0 Å². The number of piperidine rings is 1. The van der Waals surface area contributed by atoms with E-state index >= 15 is 0 Å². The van der Waals surface area contributed by atoms with Crippen molar-refractivity contribution in [2.45, 2.75) is 46.1 Å². The van der Waals surface area contributed by atoms with Crippen LogP contribution in [-0.2, 0) is 6.54 Å². The smallest absolute Gasteiger partial charge is 0.0546 e. The van der Waals surface area contributed by atoms with Crippen LogP contribution < -0.4 is 0 Å². The minimum Gasteiger partial charge on any atom is -0.297 e. The third kappa shape index (κ3) is 3.53. The Balaban J connectivity index is 1.96. The van der Waals surface area contributed by atoms with Gasteiger partial charge in [-0.2, -0.15) is 0 Å². The number of nitrogens with zero attached hydrogens (tertiary/aromatic N) is 2. The molecule has 0 N–H and O–H groups in total. The summed E-state index contributed by atoms with van der Waals surface area (Å²) >= 11 is 0. The van der Waals surface area contributed by atoms with E-state index in [1.165, 1.54) is 37.2 Å². The maximum Gasteiger partial charge on any atom is 0.0546 e. The summed E-state index contributed by atoms with van der Waals surface area (Å²) in [5.74, 6) is 1.50. The second kappa shape index (κ2) is 5.63. The van der Waals surface area contributed by atoms with Gasteiger partial charge in [-0.1, -0.05) is 20.8 Å². The Bertz CT molecular complexity index is 352. The topological polar surface area (TPSA) is 16.1 Å². The van der Waals surface area contributed by atoms with Crippen LogP contribution in [0.3, 0.4) is 0 Å². The lowest BCUT2D eigenvalue weighted by molar-refractivity contribution is 0.183. The summed E-state index contributed by atoms with van der Waals surface area (Å²) in [5, 5.41) is 0. The normalized spacial score (nSPS) is 18.8. The number of likely N-dealkylation sites (tertiary alicyclic amines) is 1. The third-order valence-corrected chi connectivity index (χ3v) is 3.77. The van der Waals surface area contributed by atoms with Gasteiger partial charge in [-0.3, -0.25) is 9.88 Å². The van der Waals surface area contributed by atoms with Crippen molar-refractivity contribution in [1.82, 2.24) is 9.88 Å². The molecule has 2 nitrogen and oxygen atoms in total. The minimum atomic E-state index is 0.595. The molecule has 0 aromatic carbocycles. The maximum absolute atomic E-state index is 4.49. The van der Waals surface area contributed by atoms with E-state index in [9.17, 15) is 0 Å². The molecule has 0 radical (unpaired) electrons. The zero-order chi connectivity index (χ0) is 12.3. The first-order chi connectivity index (χ1) is 8.15. The number of hydrogen-bond acceptors (Lipinski definition) is 2. The number of hydrogen-bond donors (Lipinski definition) is 0. The van der Waals surface area contributed by atoms with E-state index in [1.807, 2.05) is 6.20 Å². The molecule has 1 saturated heterocycles. The molecule has 17 heavy (non-hydrogen) atoms. The molecule has 1 aromatic heterocycles. The molecule has 1 aromatic rings. The first-order valence-electron chi connectivity index (χ1n) is 6.82. The van der Waals surface area contributed by atoms with Gasteiger partial charge in [0.05, 0.1) is 5.69 Å². The Morgan fingerprint density at radius 3 is 2.71 bits per heavy atom. The number of rotatable bonds is 3. The molecule has 94 valence electrons. The van der Waals surface area contributed by atoms with E-state index in [2.05, 4.69) is 42.8 Å². The van der Waals surface area contributed by atoms with Crippen LogP contribution in [0.2, 0.25) is 0 Å². The van der Waals surface area contributed by atoms with Crippen molar-refractivity contribution in [3.8, 4) is 0 Å². The molecular formula is C15H24N2. The molecule has 1 aliphatic rings. The average Bonchev–Trinajstić information content (AvgIpc) is 2.32. The second-order valence-corrected chi connectivity index (χ2v) is 5.69. The molecule has 0 amide bonds. The average molecular weight is 232 g/mol. The van der Waals surface area contributed by atoms with Crippen LogP contribution in [0, 0.1) is 5.92 Å². The first kappa shape index (κ1) is 12.6. The van der Waals surface area contributed by atoms with Crippen molar-refractivity contribution in [3.05, 3.63) is 29.6 Å². The summed E-state index contributed by atoms with van der Waals surface area (Å²) in [6.45, 7) is 10.3. The number of pyridine rings is 1. The highest BCUT2D eigenvalue weighted by Crippen LogP contribution is 2.19. The molecule has 2 heteroatoms. The number of aromatic nitrogens is 1. The first-order valence-corrected chi connectivity index (χ1v) is 6.82. The molecule has 1 fully saturated rings. The van der Waals surface area contributed by atoms with Crippen molar-refractivity contribution in [1.29, 1.82) is 0 Å². The van der Waals surface area contributed by atoms with E-state index < -0.39 is 0 Å². The van der Waals surface area contributed by atoms with E-state index in [-0.39, 0.29) is 0 Å². The van der Waals surface area contributed by atoms with Crippen LogP contribution in [0.25, 0.3) is 0 Å². The molecule has 0 unspecified atom stereocenters. The van der Waals surface area contributed by atoms with Gasteiger partial charge in [0.25, 0.3) is 0 Å². The molecule has 2 rings (SSSR count). The summed E-state index contributed by atoms with van der Waals surface area (Å²) in [6.07, 6.45) is 4.63. The van der Waals surface area contributed by atoms with Gasteiger partial charge in [-0.25, -0.2) is 0 Å². The van der Waals surface area contributed by atoms with Crippen LogP contribution in [0.15, 0.2) is 18.3 Å². The lowest BCUT2D eigenvalue weighted by Gasteiger charge is -2.29. The highest BCUT2D eigenvalue weighted by molar-refractivity contribution is 5.19. The highest BCUT2D eigenvalue weighted by Gasteiger charge is 2.16. The predicted molar refractivity (Wildman–Crippen MR) is 72.0 cm³/mol. The van der Waals surface area contributed by atoms with E-state index in [1.54, 1.807) is 0 Å². The van der Waals surface area contributed by atoms with Crippen LogP contribution in [-0.4, -0.2) is 23.0 Å². The van der Waals surface area contributed by atoms with Crippen molar-refractivity contribution >= 4 is 0 Å². The molecule has 0 saturated carbocycles. The highest BCUT2D eigenvalue weighted by atomic mass is 15.1. The van der Waals surface area contributed by atoms with Crippen LogP contribution in [0.1, 0.15) is 50.8 Å². The summed E-state index contributed by atoms with van der Waals surface area (Å²) < 4.78 is 0. The fraction of sp³-hybridized carbons (Fsp3) is 0.667. The van der Waals surface area contributed by atoms with Gasteiger partial charge in [0.15, 0.2) is 0 Å². The van der Waals surface area contributed by atoms with Crippen LogP contribution in [0.4, 0.5) is 0 Å². The summed E-state index contributed by atoms with van der Waals surface area (Å²) in [4.78, 5) is 7.03. The molecule has 0 atom stereocenters. The lowest BCUT2D eigenvalue weighted by atomic mass is 9.99. The Kier molecular flexibility index (Phi) is 4.16. The van der Waals surface area contributed by atoms with Gasteiger partial charge in [0.2, 0.25) is 0 Å². The fourth-order valence-electron chi connectivity index (χ4n) is 2.39. The van der Waals surface area contributed by atoms with Crippen molar-refractivity contribution in [2.75, 3.05) is 13.1 Å². The standard InChI is InChI=1S/C15H24N2/c1-12(2)14-4-7-16-15(10-14)11-17-8-5-13(3)6-9-17/h4,7,10,12-13H,5-6,8-9,11H2,1-3H3. The summed E-state index contributed by atoms with van der Waals surface area (Å²) in [5.41, 5.74) is 2.63. The largest absolute Gasteiger partial charge is 0.297 e. The quantitative estimate of drug-likeness (QED) is 0.793. The monoisotopic (exact) mass is 232 g/mol. The van der Waals surface area contributed by atoms with Gasteiger partial charge >= 0.3 is 0 Å². The van der Waals surface area contributed by atoms with Crippen molar-refractivity contribution in [3.63, 3.8) is 0 Å². The van der Waals surface area contributed by atoms with Gasteiger partial charge in [-0.05, 0) is 55.5 Å². The Labute approximate surface area is 105 Å².